The number of carbonyl (C=O) groups is 3. The molecule has 1 aliphatic heterocycles. The van der Waals surface area contributed by atoms with Crippen molar-refractivity contribution in [2.45, 2.75) is 64.3 Å². The van der Waals surface area contributed by atoms with Crippen LogP contribution in [0.25, 0.3) is 0 Å². The van der Waals surface area contributed by atoms with Gasteiger partial charge in [0.2, 0.25) is 11.8 Å². The van der Waals surface area contributed by atoms with E-state index < -0.39 is 11.4 Å². The fourth-order valence-corrected chi connectivity index (χ4v) is 3.81. The Hall–Kier alpha value is -1.39. The first-order valence-corrected chi connectivity index (χ1v) is 7.77. The van der Waals surface area contributed by atoms with Gasteiger partial charge in [0, 0.05) is 6.04 Å². The maximum absolute atomic E-state index is 12.6. The van der Waals surface area contributed by atoms with Crippen LogP contribution in [0, 0.1) is 11.3 Å². The summed E-state index contributed by atoms with van der Waals surface area (Å²) in [6.07, 6.45) is 7.12. The fourth-order valence-electron chi connectivity index (χ4n) is 3.81. The average molecular weight is 278 g/mol. The van der Waals surface area contributed by atoms with Crippen molar-refractivity contribution >= 4 is 17.8 Å². The molecule has 1 saturated heterocycles. The van der Waals surface area contributed by atoms with Crippen LogP contribution in [0.1, 0.15) is 58.3 Å². The van der Waals surface area contributed by atoms with Crippen LogP contribution in [0.4, 0.5) is 4.79 Å². The van der Waals surface area contributed by atoms with Gasteiger partial charge in [-0.25, -0.2) is 4.79 Å². The molecule has 0 atom stereocenters. The second-order valence-electron chi connectivity index (χ2n) is 6.45. The summed E-state index contributed by atoms with van der Waals surface area (Å²) in [5, 5.41) is 2.40. The normalized spacial score (nSPS) is 33.0. The third-order valence-corrected chi connectivity index (χ3v) is 5.47. The van der Waals surface area contributed by atoms with Gasteiger partial charge in [0.05, 0.1) is 0 Å². The number of rotatable bonds is 2. The lowest BCUT2D eigenvalue weighted by atomic mass is 9.66. The fraction of sp³-hybridized carbons (Fsp3) is 0.800. The highest BCUT2D eigenvalue weighted by molar-refractivity contribution is 6.19. The quantitative estimate of drug-likeness (QED) is 0.787. The van der Waals surface area contributed by atoms with Gasteiger partial charge in [0.25, 0.3) is 0 Å². The zero-order valence-corrected chi connectivity index (χ0v) is 12.0. The zero-order valence-electron chi connectivity index (χ0n) is 12.0. The molecule has 5 heteroatoms. The first-order valence-electron chi connectivity index (χ1n) is 7.77. The highest BCUT2D eigenvalue weighted by Gasteiger charge is 2.58. The van der Waals surface area contributed by atoms with E-state index in [0.29, 0.717) is 18.8 Å². The van der Waals surface area contributed by atoms with E-state index in [1.165, 1.54) is 4.90 Å². The predicted octanol–water partition coefficient (Wildman–Crippen LogP) is 2.20. The van der Waals surface area contributed by atoms with Gasteiger partial charge in [-0.1, -0.05) is 19.8 Å². The molecule has 1 heterocycles. The maximum atomic E-state index is 12.6. The van der Waals surface area contributed by atoms with E-state index in [4.69, 9.17) is 0 Å². The summed E-state index contributed by atoms with van der Waals surface area (Å²) in [4.78, 5) is 38.0. The monoisotopic (exact) mass is 278 g/mol. The minimum Gasteiger partial charge on any atom is -0.277 e. The second kappa shape index (κ2) is 4.86. The molecule has 0 unspecified atom stereocenters. The van der Waals surface area contributed by atoms with Crippen LogP contribution >= 0.6 is 0 Å². The number of urea groups is 1. The van der Waals surface area contributed by atoms with Crippen LogP contribution in [0.15, 0.2) is 0 Å². The van der Waals surface area contributed by atoms with E-state index in [9.17, 15) is 14.4 Å². The molecule has 0 aromatic carbocycles. The molecule has 5 nitrogen and oxygen atoms in total. The van der Waals surface area contributed by atoms with E-state index >= 15 is 0 Å². The SMILES string of the molecule is CCC1CCC(N2C(=O)NC(=O)C3(CCC3)C2=O)CC1. The van der Waals surface area contributed by atoms with Gasteiger partial charge in [-0.2, -0.15) is 0 Å². The molecule has 2 saturated carbocycles. The molecule has 110 valence electrons. The average Bonchev–Trinajstić information content (AvgIpc) is 2.37. The molecule has 1 spiro atoms. The van der Waals surface area contributed by atoms with Crippen molar-refractivity contribution in [3.8, 4) is 0 Å². The number of hydrogen-bond acceptors (Lipinski definition) is 3. The number of barbiturate groups is 1. The number of imide groups is 2. The Bertz CT molecular complexity index is 448. The smallest absolute Gasteiger partial charge is 0.277 e. The summed E-state index contributed by atoms with van der Waals surface area (Å²) in [7, 11) is 0. The number of hydrogen-bond donors (Lipinski definition) is 1. The van der Waals surface area contributed by atoms with Gasteiger partial charge < -0.3 is 0 Å². The third-order valence-electron chi connectivity index (χ3n) is 5.47. The molecule has 4 amide bonds. The Labute approximate surface area is 119 Å². The molecule has 3 rings (SSSR count). The van der Waals surface area contributed by atoms with E-state index in [2.05, 4.69) is 12.2 Å². The molecule has 3 fully saturated rings. The Kier molecular flexibility index (Phi) is 3.30. The van der Waals surface area contributed by atoms with Crippen molar-refractivity contribution in [3.05, 3.63) is 0 Å². The minimum absolute atomic E-state index is 0.0177. The number of nitrogens with one attached hydrogen (secondary N) is 1. The predicted molar refractivity (Wildman–Crippen MR) is 72.7 cm³/mol. The molecule has 0 radical (unpaired) electrons. The lowest BCUT2D eigenvalue weighted by Crippen LogP contribution is -2.68. The van der Waals surface area contributed by atoms with Crippen molar-refractivity contribution in [1.82, 2.24) is 10.2 Å². The lowest BCUT2D eigenvalue weighted by molar-refractivity contribution is -0.159. The van der Waals surface area contributed by atoms with Crippen molar-refractivity contribution in [2.75, 3.05) is 0 Å². The van der Waals surface area contributed by atoms with Gasteiger partial charge in [0.15, 0.2) is 0 Å². The van der Waals surface area contributed by atoms with Gasteiger partial charge in [0.1, 0.15) is 5.41 Å². The topological polar surface area (TPSA) is 66.5 Å². The standard InChI is InChI=1S/C15H22N2O3/c1-2-10-4-6-11(7-5-10)17-13(19)15(8-3-9-15)12(18)16-14(17)20/h10-11H,2-9H2,1H3,(H,16,18,20). The summed E-state index contributed by atoms with van der Waals surface area (Å²) in [5.74, 6) is 0.100. The van der Waals surface area contributed by atoms with Crippen LogP contribution in [-0.2, 0) is 9.59 Å². The van der Waals surface area contributed by atoms with Crippen LogP contribution in [0.2, 0.25) is 0 Å². The van der Waals surface area contributed by atoms with Gasteiger partial charge in [-0.05, 0) is 44.4 Å². The highest BCUT2D eigenvalue weighted by Crippen LogP contribution is 2.45. The third kappa shape index (κ3) is 1.86. The van der Waals surface area contributed by atoms with Crippen molar-refractivity contribution < 1.29 is 14.4 Å². The maximum Gasteiger partial charge on any atom is 0.331 e. The molecule has 20 heavy (non-hydrogen) atoms. The van der Waals surface area contributed by atoms with Crippen molar-refractivity contribution in [1.29, 1.82) is 0 Å². The number of nitrogens with zero attached hydrogens (tertiary/aromatic N) is 1. The van der Waals surface area contributed by atoms with E-state index in [1.807, 2.05) is 0 Å². The Morgan fingerprint density at radius 1 is 1.15 bits per heavy atom. The van der Waals surface area contributed by atoms with Gasteiger partial charge in [-0.15, -0.1) is 0 Å². The van der Waals surface area contributed by atoms with E-state index in [0.717, 1.165) is 38.5 Å². The van der Waals surface area contributed by atoms with Crippen molar-refractivity contribution in [3.63, 3.8) is 0 Å². The molecule has 1 N–H and O–H groups in total. The van der Waals surface area contributed by atoms with E-state index in [-0.39, 0.29) is 17.9 Å². The Morgan fingerprint density at radius 3 is 2.30 bits per heavy atom. The van der Waals surface area contributed by atoms with Gasteiger partial charge >= 0.3 is 6.03 Å². The van der Waals surface area contributed by atoms with E-state index in [1.54, 1.807) is 0 Å². The minimum atomic E-state index is -0.921. The second-order valence-corrected chi connectivity index (χ2v) is 6.45. The first kappa shape index (κ1) is 13.6. The molecule has 0 bridgehead atoms. The highest BCUT2D eigenvalue weighted by atomic mass is 16.2. The molecule has 0 aromatic rings. The molecule has 2 aliphatic carbocycles. The molecule has 3 aliphatic rings. The van der Waals surface area contributed by atoms with Crippen LogP contribution in [0.5, 0.6) is 0 Å². The van der Waals surface area contributed by atoms with Crippen LogP contribution in [-0.4, -0.2) is 28.8 Å². The summed E-state index contributed by atoms with van der Waals surface area (Å²) in [5.41, 5.74) is -0.921. The zero-order chi connectivity index (χ0) is 14.3. The largest absolute Gasteiger partial charge is 0.331 e. The molecular formula is C15H22N2O3. The van der Waals surface area contributed by atoms with Crippen LogP contribution < -0.4 is 5.32 Å². The summed E-state index contributed by atoms with van der Waals surface area (Å²) >= 11 is 0. The number of amides is 4. The van der Waals surface area contributed by atoms with Crippen LogP contribution in [0.3, 0.4) is 0 Å². The summed E-state index contributed by atoms with van der Waals surface area (Å²) < 4.78 is 0. The summed E-state index contributed by atoms with van der Waals surface area (Å²) in [6.45, 7) is 2.19. The Balaban J connectivity index is 1.77. The molecule has 0 aromatic heterocycles. The van der Waals surface area contributed by atoms with Crippen molar-refractivity contribution in [2.24, 2.45) is 11.3 Å². The van der Waals surface area contributed by atoms with Gasteiger partial charge in [-0.3, -0.25) is 19.8 Å². The Morgan fingerprint density at radius 2 is 1.80 bits per heavy atom. The lowest BCUT2D eigenvalue weighted by Gasteiger charge is -2.47. The first-order chi connectivity index (χ1) is 9.58. The number of carbonyl (C=O) groups excluding carboxylic acids is 3. The molecular weight excluding hydrogens is 256 g/mol. The summed E-state index contributed by atoms with van der Waals surface area (Å²) in [6, 6.07) is -0.520.